The average Bonchev–Trinajstić information content (AvgIpc) is 2.82. The first-order chi connectivity index (χ1) is 16.1. The molecular formula is C21H28O13. The topological polar surface area (TPSA) is 205 Å². The SMILES string of the molecule is COc1cc(C=CC(=O)O[C@@H]2O[C@H](CO[C@@H]3OC[C@@H](O)[C@H](O)[C@H]3O)[C@@H](O)[C@H](O)[C@H]2O)ccc1O. The number of carbonyl (C=O) groups is 1. The van der Waals surface area contributed by atoms with Crippen LogP contribution in [0, 0.1) is 0 Å². The number of phenols is 1. The third-order valence-corrected chi connectivity index (χ3v) is 5.40. The summed E-state index contributed by atoms with van der Waals surface area (Å²) in [6, 6.07) is 4.35. The molecule has 9 atom stereocenters. The Labute approximate surface area is 193 Å². The number of hydrogen-bond acceptors (Lipinski definition) is 13. The Bertz CT molecular complexity index is 861. The van der Waals surface area contributed by atoms with Crippen molar-refractivity contribution in [2.75, 3.05) is 20.3 Å². The third kappa shape index (κ3) is 6.02. The summed E-state index contributed by atoms with van der Waals surface area (Å²) >= 11 is 0. The molecule has 3 rings (SSSR count). The summed E-state index contributed by atoms with van der Waals surface area (Å²) in [6.07, 6.45) is -11.5. The van der Waals surface area contributed by atoms with Crippen LogP contribution in [0.25, 0.3) is 6.08 Å². The van der Waals surface area contributed by atoms with Gasteiger partial charge in [0.2, 0.25) is 6.29 Å². The highest BCUT2D eigenvalue weighted by Gasteiger charge is 2.46. The Morgan fingerprint density at radius 1 is 1.03 bits per heavy atom. The molecule has 0 unspecified atom stereocenters. The van der Waals surface area contributed by atoms with E-state index in [2.05, 4.69) is 0 Å². The van der Waals surface area contributed by atoms with E-state index in [4.69, 9.17) is 23.7 Å². The van der Waals surface area contributed by atoms with E-state index in [0.29, 0.717) is 5.56 Å². The number of aliphatic hydroxyl groups is 6. The van der Waals surface area contributed by atoms with Gasteiger partial charge >= 0.3 is 5.97 Å². The van der Waals surface area contributed by atoms with Crippen LogP contribution in [0.3, 0.4) is 0 Å². The number of ether oxygens (including phenoxy) is 5. The van der Waals surface area contributed by atoms with Crippen molar-refractivity contribution in [3.8, 4) is 11.5 Å². The van der Waals surface area contributed by atoms with Gasteiger partial charge < -0.3 is 59.4 Å². The smallest absolute Gasteiger partial charge is 0.333 e. The summed E-state index contributed by atoms with van der Waals surface area (Å²) < 4.78 is 25.8. The molecular weight excluding hydrogens is 460 g/mol. The molecule has 13 nitrogen and oxygen atoms in total. The first-order valence-electron chi connectivity index (χ1n) is 10.3. The molecule has 0 radical (unpaired) electrons. The number of benzene rings is 1. The molecule has 0 amide bonds. The maximum atomic E-state index is 12.2. The van der Waals surface area contributed by atoms with Crippen molar-refractivity contribution in [1.29, 1.82) is 0 Å². The molecule has 13 heteroatoms. The fourth-order valence-electron chi connectivity index (χ4n) is 3.38. The van der Waals surface area contributed by atoms with Gasteiger partial charge in [-0.15, -0.1) is 0 Å². The van der Waals surface area contributed by atoms with Crippen molar-refractivity contribution >= 4 is 12.0 Å². The maximum absolute atomic E-state index is 12.2. The van der Waals surface area contributed by atoms with Crippen molar-refractivity contribution < 1.29 is 64.2 Å². The van der Waals surface area contributed by atoms with Crippen LogP contribution in [0.1, 0.15) is 5.56 Å². The van der Waals surface area contributed by atoms with Gasteiger partial charge in [0.15, 0.2) is 17.8 Å². The molecule has 0 bridgehead atoms. The van der Waals surface area contributed by atoms with Gasteiger partial charge in [0.25, 0.3) is 0 Å². The lowest BCUT2D eigenvalue weighted by Gasteiger charge is -2.41. The summed E-state index contributed by atoms with van der Waals surface area (Å²) in [5, 5.41) is 69.1. The summed E-state index contributed by atoms with van der Waals surface area (Å²) in [4.78, 5) is 12.2. The number of methoxy groups -OCH3 is 1. The van der Waals surface area contributed by atoms with Crippen LogP contribution in [-0.4, -0.2) is 117 Å². The lowest BCUT2D eigenvalue weighted by molar-refractivity contribution is -0.314. The first-order valence-corrected chi connectivity index (χ1v) is 10.3. The van der Waals surface area contributed by atoms with Crippen LogP contribution < -0.4 is 4.74 Å². The van der Waals surface area contributed by atoms with Gasteiger partial charge in [-0.05, 0) is 23.8 Å². The molecule has 7 N–H and O–H groups in total. The fourth-order valence-corrected chi connectivity index (χ4v) is 3.38. The number of hydrogen-bond donors (Lipinski definition) is 7. The molecule has 0 spiro atoms. The predicted octanol–water partition coefficient (Wildman–Crippen LogP) is -2.78. The van der Waals surface area contributed by atoms with Gasteiger partial charge in [0, 0.05) is 6.08 Å². The van der Waals surface area contributed by atoms with E-state index >= 15 is 0 Å². The van der Waals surface area contributed by atoms with E-state index in [9.17, 15) is 40.5 Å². The molecule has 34 heavy (non-hydrogen) atoms. The number of aliphatic hydroxyl groups excluding tert-OH is 6. The Balaban J connectivity index is 1.59. The van der Waals surface area contributed by atoms with Crippen LogP contribution in [-0.2, 0) is 23.7 Å². The quantitative estimate of drug-likeness (QED) is 0.153. The van der Waals surface area contributed by atoms with E-state index < -0.39 is 67.9 Å². The lowest BCUT2D eigenvalue weighted by Crippen LogP contribution is -2.60. The minimum atomic E-state index is -1.77. The normalized spacial score (nSPS) is 36.4. The van der Waals surface area contributed by atoms with Gasteiger partial charge in [-0.3, -0.25) is 0 Å². The fraction of sp³-hybridized carbons (Fsp3) is 0.571. The summed E-state index contributed by atoms with van der Waals surface area (Å²) in [5.41, 5.74) is 0.497. The zero-order valence-corrected chi connectivity index (χ0v) is 18.1. The number of rotatable bonds is 7. The Hall–Kier alpha value is -2.33. The second-order valence-electron chi connectivity index (χ2n) is 7.80. The molecule has 1 aromatic rings. The largest absolute Gasteiger partial charge is 0.504 e. The third-order valence-electron chi connectivity index (χ3n) is 5.40. The second kappa shape index (κ2) is 11.4. The van der Waals surface area contributed by atoms with Crippen molar-refractivity contribution in [2.24, 2.45) is 0 Å². The standard InChI is InChI=1S/C21H28O13/c1-30-12-6-9(2-4-10(12)22)3-5-14(24)34-21-19(29)17(27)16(26)13(33-21)8-32-20-18(28)15(25)11(23)7-31-20/h2-6,11,13,15-23,25-29H,7-8H2,1H3/t11-,13-,15+,16-,17+,18-,19-,20+,21+/m1/s1. The maximum Gasteiger partial charge on any atom is 0.333 e. The zero-order valence-electron chi connectivity index (χ0n) is 18.1. The van der Waals surface area contributed by atoms with Crippen LogP contribution >= 0.6 is 0 Å². The zero-order chi connectivity index (χ0) is 25.0. The minimum absolute atomic E-state index is 0.0846. The van der Waals surface area contributed by atoms with Crippen molar-refractivity contribution in [2.45, 2.75) is 55.3 Å². The van der Waals surface area contributed by atoms with Gasteiger partial charge in [-0.25, -0.2) is 4.79 Å². The van der Waals surface area contributed by atoms with E-state index in [1.54, 1.807) is 0 Å². The number of carbonyl (C=O) groups excluding carboxylic acids is 1. The molecule has 0 aliphatic carbocycles. The molecule has 2 heterocycles. The predicted molar refractivity (Wildman–Crippen MR) is 110 cm³/mol. The van der Waals surface area contributed by atoms with Crippen molar-refractivity contribution in [3.05, 3.63) is 29.8 Å². The summed E-state index contributed by atoms with van der Waals surface area (Å²) in [7, 11) is 1.37. The second-order valence-corrected chi connectivity index (χ2v) is 7.80. The van der Waals surface area contributed by atoms with E-state index in [1.165, 1.54) is 31.4 Å². The van der Waals surface area contributed by atoms with Crippen LogP contribution in [0.5, 0.6) is 11.5 Å². The Morgan fingerprint density at radius 3 is 2.44 bits per heavy atom. The van der Waals surface area contributed by atoms with E-state index in [0.717, 1.165) is 6.08 Å². The molecule has 2 saturated heterocycles. The minimum Gasteiger partial charge on any atom is -0.504 e. The molecule has 190 valence electrons. The molecule has 1 aromatic carbocycles. The van der Waals surface area contributed by atoms with Gasteiger partial charge in [0.05, 0.1) is 20.3 Å². The molecule has 0 aromatic heterocycles. The highest BCUT2D eigenvalue weighted by molar-refractivity contribution is 5.87. The van der Waals surface area contributed by atoms with E-state index in [-0.39, 0.29) is 18.1 Å². The number of phenolic OH excluding ortho intramolecular Hbond substituents is 1. The summed E-state index contributed by atoms with van der Waals surface area (Å²) in [5.74, 6) is -0.836. The molecule has 2 fully saturated rings. The van der Waals surface area contributed by atoms with Gasteiger partial charge in [-0.1, -0.05) is 6.07 Å². The van der Waals surface area contributed by atoms with E-state index in [1.807, 2.05) is 0 Å². The van der Waals surface area contributed by atoms with Gasteiger partial charge in [-0.2, -0.15) is 0 Å². The van der Waals surface area contributed by atoms with Crippen LogP contribution in [0.15, 0.2) is 24.3 Å². The van der Waals surface area contributed by atoms with Crippen molar-refractivity contribution in [3.63, 3.8) is 0 Å². The molecule has 0 saturated carbocycles. The number of esters is 1. The monoisotopic (exact) mass is 488 g/mol. The molecule has 2 aliphatic heterocycles. The Morgan fingerprint density at radius 2 is 1.74 bits per heavy atom. The average molecular weight is 488 g/mol. The van der Waals surface area contributed by atoms with Crippen LogP contribution in [0.2, 0.25) is 0 Å². The lowest BCUT2D eigenvalue weighted by atomic mass is 9.99. The van der Waals surface area contributed by atoms with Crippen LogP contribution in [0.4, 0.5) is 0 Å². The molecule has 2 aliphatic rings. The van der Waals surface area contributed by atoms with Crippen molar-refractivity contribution in [1.82, 2.24) is 0 Å². The summed E-state index contributed by atoms with van der Waals surface area (Å²) in [6.45, 7) is -0.787. The first kappa shape index (κ1) is 26.3. The van der Waals surface area contributed by atoms with Gasteiger partial charge in [0.1, 0.15) is 42.7 Å². The Kier molecular flexibility index (Phi) is 8.81. The highest BCUT2D eigenvalue weighted by Crippen LogP contribution is 2.27. The highest BCUT2D eigenvalue weighted by atomic mass is 16.7. The number of aromatic hydroxyl groups is 1.